The standard InChI is InChI=1S/C26H33N3O2/c30-25-21(17-19-7-1-4-10-24(19)29-15-13-27-14-16-29)22(18-28-25)20-8-2-3-9-23(20)26(31)11-5-6-12-26/h1-4,7-10,21-22,27,31H,5-6,11-18H2,(H,28,30). The molecular formula is C26H33N3O2. The molecule has 3 fully saturated rings. The van der Waals surface area contributed by atoms with Crippen LogP contribution in [-0.4, -0.2) is 43.7 Å². The van der Waals surface area contributed by atoms with E-state index in [1.165, 1.54) is 11.3 Å². The molecule has 0 aromatic heterocycles. The molecule has 2 aliphatic heterocycles. The zero-order valence-corrected chi connectivity index (χ0v) is 18.1. The van der Waals surface area contributed by atoms with Crippen molar-refractivity contribution in [2.24, 2.45) is 5.92 Å². The molecule has 0 radical (unpaired) electrons. The number of piperazine rings is 1. The molecule has 2 unspecified atom stereocenters. The molecule has 3 N–H and O–H groups in total. The minimum Gasteiger partial charge on any atom is -0.385 e. The Labute approximate surface area is 184 Å². The van der Waals surface area contributed by atoms with Crippen molar-refractivity contribution in [2.45, 2.75) is 43.6 Å². The first-order valence-electron chi connectivity index (χ1n) is 11.8. The highest BCUT2D eigenvalue weighted by molar-refractivity contribution is 5.83. The predicted molar refractivity (Wildman–Crippen MR) is 123 cm³/mol. The van der Waals surface area contributed by atoms with Crippen LogP contribution in [0.3, 0.4) is 0 Å². The monoisotopic (exact) mass is 419 g/mol. The molecule has 0 spiro atoms. The van der Waals surface area contributed by atoms with Crippen molar-refractivity contribution in [3.8, 4) is 0 Å². The van der Waals surface area contributed by atoms with E-state index in [9.17, 15) is 9.90 Å². The molecule has 2 heterocycles. The summed E-state index contributed by atoms with van der Waals surface area (Å²) in [5.74, 6) is 0.105. The first kappa shape index (κ1) is 20.5. The fourth-order valence-corrected chi connectivity index (χ4v) is 5.84. The Morgan fingerprint density at radius 2 is 1.71 bits per heavy atom. The average molecular weight is 420 g/mol. The molecule has 0 bridgehead atoms. The van der Waals surface area contributed by atoms with Gasteiger partial charge in [-0.1, -0.05) is 55.3 Å². The van der Waals surface area contributed by atoms with Crippen molar-refractivity contribution < 1.29 is 9.90 Å². The van der Waals surface area contributed by atoms with Gasteiger partial charge in [0.05, 0.1) is 11.5 Å². The molecule has 2 saturated heterocycles. The summed E-state index contributed by atoms with van der Waals surface area (Å²) in [7, 11) is 0. The average Bonchev–Trinajstić information content (AvgIpc) is 3.41. The minimum atomic E-state index is -0.745. The van der Waals surface area contributed by atoms with E-state index < -0.39 is 5.60 Å². The Morgan fingerprint density at radius 3 is 2.52 bits per heavy atom. The van der Waals surface area contributed by atoms with Gasteiger partial charge < -0.3 is 20.6 Å². The van der Waals surface area contributed by atoms with E-state index in [4.69, 9.17) is 0 Å². The van der Waals surface area contributed by atoms with Crippen LogP contribution in [-0.2, 0) is 16.8 Å². The van der Waals surface area contributed by atoms with Gasteiger partial charge in [-0.2, -0.15) is 0 Å². The van der Waals surface area contributed by atoms with Gasteiger partial charge in [0.15, 0.2) is 0 Å². The number of anilines is 1. The van der Waals surface area contributed by atoms with Gasteiger partial charge in [0.25, 0.3) is 0 Å². The number of carbonyl (C=O) groups is 1. The van der Waals surface area contributed by atoms with Gasteiger partial charge in [0, 0.05) is 44.3 Å². The van der Waals surface area contributed by atoms with Crippen LogP contribution in [0.25, 0.3) is 0 Å². The van der Waals surface area contributed by atoms with E-state index in [1.807, 2.05) is 12.1 Å². The van der Waals surface area contributed by atoms with Crippen molar-refractivity contribution in [3.05, 3.63) is 65.2 Å². The Balaban J connectivity index is 1.45. The van der Waals surface area contributed by atoms with Crippen LogP contribution < -0.4 is 15.5 Å². The molecule has 5 heteroatoms. The molecule has 1 amide bonds. The quantitative estimate of drug-likeness (QED) is 0.697. The largest absolute Gasteiger partial charge is 0.385 e. The third kappa shape index (κ3) is 3.97. The molecule has 2 aromatic rings. The zero-order chi connectivity index (χ0) is 21.3. The number of nitrogens with zero attached hydrogens (tertiary/aromatic N) is 1. The number of benzene rings is 2. The highest BCUT2D eigenvalue weighted by Gasteiger charge is 2.41. The molecule has 1 saturated carbocycles. The summed E-state index contributed by atoms with van der Waals surface area (Å²) in [5, 5.41) is 17.9. The Kier molecular flexibility index (Phi) is 5.72. The van der Waals surface area contributed by atoms with E-state index in [2.05, 4.69) is 51.9 Å². The number of aliphatic hydroxyl groups is 1. The third-order valence-electron chi connectivity index (χ3n) is 7.50. The minimum absolute atomic E-state index is 0.0874. The fourth-order valence-electron chi connectivity index (χ4n) is 5.84. The van der Waals surface area contributed by atoms with Crippen LogP contribution in [0.4, 0.5) is 5.69 Å². The lowest BCUT2D eigenvalue weighted by molar-refractivity contribution is -0.122. The van der Waals surface area contributed by atoms with Crippen LogP contribution in [0.5, 0.6) is 0 Å². The first-order chi connectivity index (χ1) is 15.2. The lowest BCUT2D eigenvalue weighted by Crippen LogP contribution is -2.44. The van der Waals surface area contributed by atoms with Crippen LogP contribution in [0.15, 0.2) is 48.5 Å². The van der Waals surface area contributed by atoms with Crippen LogP contribution in [0.1, 0.15) is 48.3 Å². The zero-order valence-electron chi connectivity index (χ0n) is 18.1. The highest BCUT2D eigenvalue weighted by atomic mass is 16.3. The van der Waals surface area contributed by atoms with Crippen molar-refractivity contribution in [1.29, 1.82) is 0 Å². The lowest BCUT2D eigenvalue weighted by atomic mass is 9.78. The van der Waals surface area contributed by atoms with Crippen LogP contribution >= 0.6 is 0 Å². The molecule has 2 aromatic carbocycles. The lowest BCUT2D eigenvalue weighted by Gasteiger charge is -2.32. The van der Waals surface area contributed by atoms with Gasteiger partial charge in [0.2, 0.25) is 5.91 Å². The maximum Gasteiger partial charge on any atom is 0.224 e. The smallest absolute Gasteiger partial charge is 0.224 e. The van der Waals surface area contributed by atoms with Gasteiger partial charge >= 0.3 is 0 Å². The summed E-state index contributed by atoms with van der Waals surface area (Å²) in [6.45, 7) is 4.62. The highest BCUT2D eigenvalue weighted by Crippen LogP contribution is 2.44. The number of nitrogens with one attached hydrogen (secondary N) is 2. The van der Waals surface area contributed by atoms with Crippen molar-refractivity contribution in [3.63, 3.8) is 0 Å². The second-order valence-electron chi connectivity index (χ2n) is 9.35. The van der Waals surface area contributed by atoms with E-state index in [-0.39, 0.29) is 17.7 Å². The fraction of sp³-hybridized carbons (Fsp3) is 0.500. The summed E-state index contributed by atoms with van der Waals surface area (Å²) >= 11 is 0. The number of para-hydroxylation sites is 1. The van der Waals surface area contributed by atoms with Crippen molar-refractivity contribution >= 4 is 11.6 Å². The number of carbonyl (C=O) groups excluding carboxylic acids is 1. The molecule has 1 aliphatic carbocycles. The van der Waals surface area contributed by atoms with E-state index in [1.54, 1.807) is 0 Å². The SMILES string of the molecule is O=C1NCC(c2ccccc2C2(O)CCCC2)C1Cc1ccccc1N1CCNCC1. The second kappa shape index (κ2) is 8.64. The normalized spacial score (nSPS) is 25.6. The maximum atomic E-state index is 13.0. The summed E-state index contributed by atoms with van der Waals surface area (Å²) in [6.07, 6.45) is 4.48. The second-order valence-corrected chi connectivity index (χ2v) is 9.35. The van der Waals surface area contributed by atoms with Gasteiger partial charge in [-0.15, -0.1) is 0 Å². The predicted octanol–water partition coefficient (Wildman–Crippen LogP) is 2.93. The molecule has 5 rings (SSSR count). The van der Waals surface area contributed by atoms with Crippen LogP contribution in [0.2, 0.25) is 0 Å². The molecule has 164 valence electrons. The molecule has 3 aliphatic rings. The topological polar surface area (TPSA) is 64.6 Å². The Hall–Kier alpha value is -2.37. The Bertz CT molecular complexity index is 932. The molecular weight excluding hydrogens is 386 g/mol. The number of hydrogen-bond acceptors (Lipinski definition) is 4. The van der Waals surface area contributed by atoms with Gasteiger partial charge in [-0.05, 0) is 42.0 Å². The van der Waals surface area contributed by atoms with E-state index in [0.29, 0.717) is 6.54 Å². The van der Waals surface area contributed by atoms with E-state index >= 15 is 0 Å². The summed E-state index contributed by atoms with van der Waals surface area (Å²) in [6, 6.07) is 16.8. The van der Waals surface area contributed by atoms with Crippen molar-refractivity contribution in [2.75, 3.05) is 37.6 Å². The molecule has 2 atom stereocenters. The van der Waals surface area contributed by atoms with Gasteiger partial charge in [-0.3, -0.25) is 4.79 Å². The summed E-state index contributed by atoms with van der Waals surface area (Å²) in [4.78, 5) is 15.4. The number of rotatable bonds is 5. The van der Waals surface area contributed by atoms with E-state index in [0.717, 1.165) is 69.4 Å². The van der Waals surface area contributed by atoms with Crippen molar-refractivity contribution in [1.82, 2.24) is 10.6 Å². The third-order valence-corrected chi connectivity index (χ3v) is 7.50. The Morgan fingerprint density at radius 1 is 1.00 bits per heavy atom. The first-order valence-corrected chi connectivity index (χ1v) is 11.8. The van der Waals surface area contributed by atoms with Gasteiger partial charge in [-0.25, -0.2) is 0 Å². The maximum absolute atomic E-state index is 13.0. The summed E-state index contributed by atoms with van der Waals surface area (Å²) in [5.41, 5.74) is 3.94. The van der Waals surface area contributed by atoms with Gasteiger partial charge in [0.1, 0.15) is 0 Å². The molecule has 31 heavy (non-hydrogen) atoms. The molecule has 5 nitrogen and oxygen atoms in total. The number of amides is 1. The summed E-state index contributed by atoms with van der Waals surface area (Å²) < 4.78 is 0. The van der Waals surface area contributed by atoms with Crippen LogP contribution in [0, 0.1) is 5.92 Å². The number of hydrogen-bond donors (Lipinski definition) is 3.